The molecule has 1 aromatic rings. The quantitative estimate of drug-likeness (QED) is 0.596. The van der Waals surface area contributed by atoms with Crippen LogP contribution in [0.15, 0.2) is 6.20 Å². The van der Waals surface area contributed by atoms with Gasteiger partial charge in [0.1, 0.15) is 0 Å². The zero-order valence-electron chi connectivity index (χ0n) is 10.9. The Kier molecular flexibility index (Phi) is 6.68. The van der Waals surface area contributed by atoms with Crippen LogP contribution in [0.1, 0.15) is 32.1 Å². The van der Waals surface area contributed by atoms with Crippen molar-refractivity contribution in [3.8, 4) is 11.8 Å². The van der Waals surface area contributed by atoms with Crippen LogP contribution in [0.4, 0.5) is 5.13 Å². The summed E-state index contributed by atoms with van der Waals surface area (Å²) in [4.78, 5) is 8.01. The highest BCUT2D eigenvalue weighted by molar-refractivity contribution is 7.15. The molecule has 0 saturated heterocycles. The Balaban J connectivity index is 2.36. The maximum absolute atomic E-state index is 4.45. The molecule has 0 spiro atoms. The summed E-state index contributed by atoms with van der Waals surface area (Å²) in [5.41, 5.74) is 0. The minimum absolute atomic E-state index is 0.893. The van der Waals surface area contributed by atoms with Gasteiger partial charge in [-0.2, -0.15) is 0 Å². The second-order valence-electron chi connectivity index (χ2n) is 3.63. The van der Waals surface area contributed by atoms with E-state index in [0.29, 0.717) is 0 Å². The Hall–Kier alpha value is -1.05. The predicted molar refractivity (Wildman–Crippen MR) is 75.4 cm³/mol. The van der Waals surface area contributed by atoms with Gasteiger partial charge in [-0.05, 0) is 20.8 Å². The Morgan fingerprint density at radius 1 is 1.41 bits per heavy atom. The van der Waals surface area contributed by atoms with Crippen LogP contribution in [0, 0.1) is 11.8 Å². The van der Waals surface area contributed by atoms with E-state index in [1.807, 2.05) is 13.1 Å². The molecule has 3 nitrogen and oxygen atoms in total. The van der Waals surface area contributed by atoms with Gasteiger partial charge in [0.2, 0.25) is 0 Å². The monoisotopic (exact) mass is 251 g/mol. The third kappa shape index (κ3) is 4.76. The van der Waals surface area contributed by atoms with Crippen molar-refractivity contribution in [2.45, 2.75) is 33.7 Å². The fraction of sp³-hybridized carbons (Fsp3) is 0.615. The summed E-state index contributed by atoms with van der Waals surface area (Å²) in [6.45, 7) is 10.1. The fourth-order valence-electron chi connectivity index (χ4n) is 1.51. The Morgan fingerprint density at radius 2 is 2.18 bits per heavy atom. The van der Waals surface area contributed by atoms with Crippen LogP contribution < -0.4 is 10.2 Å². The van der Waals surface area contributed by atoms with Crippen molar-refractivity contribution in [1.29, 1.82) is 0 Å². The number of hydrogen-bond acceptors (Lipinski definition) is 4. The van der Waals surface area contributed by atoms with Gasteiger partial charge in [-0.1, -0.05) is 0 Å². The molecule has 1 heterocycles. The van der Waals surface area contributed by atoms with Gasteiger partial charge in [-0.3, -0.25) is 0 Å². The number of thiazole rings is 1. The van der Waals surface area contributed by atoms with Crippen LogP contribution in [0.25, 0.3) is 0 Å². The number of anilines is 1. The van der Waals surface area contributed by atoms with Gasteiger partial charge >= 0.3 is 0 Å². The lowest BCUT2D eigenvalue weighted by atomic mass is 10.4. The average molecular weight is 251 g/mol. The molecule has 0 aliphatic rings. The van der Waals surface area contributed by atoms with Gasteiger partial charge in [0.25, 0.3) is 0 Å². The summed E-state index contributed by atoms with van der Waals surface area (Å²) in [5.74, 6) is 5.94. The molecule has 0 unspecified atom stereocenters. The smallest absolute Gasteiger partial charge is 0.185 e. The van der Waals surface area contributed by atoms with Gasteiger partial charge in [0.05, 0.1) is 0 Å². The average Bonchev–Trinajstić information content (AvgIpc) is 2.79. The molecular formula is C13H21N3S. The first kappa shape index (κ1) is 14.0. The van der Waals surface area contributed by atoms with Gasteiger partial charge in [-0.25, -0.2) is 4.98 Å². The number of hydrogen-bond donors (Lipinski definition) is 1. The number of nitrogens with one attached hydrogen (secondary N) is 1. The standard InChI is InChI=1S/C13H21N3S/c1-4-7-8-9-14-10-12-11-15-13(17-12)16(5-2)6-3/h11,14H,5-6,8-10H2,1-3H3. The highest BCUT2D eigenvalue weighted by Crippen LogP contribution is 2.21. The van der Waals surface area contributed by atoms with Gasteiger partial charge < -0.3 is 10.2 Å². The van der Waals surface area contributed by atoms with Crippen molar-refractivity contribution < 1.29 is 0 Å². The van der Waals surface area contributed by atoms with Gasteiger partial charge in [0, 0.05) is 43.7 Å². The van der Waals surface area contributed by atoms with Crippen molar-refractivity contribution in [2.75, 3.05) is 24.5 Å². The van der Waals surface area contributed by atoms with Crippen molar-refractivity contribution in [3.05, 3.63) is 11.1 Å². The lowest BCUT2D eigenvalue weighted by Crippen LogP contribution is -2.21. The Labute approximate surface area is 108 Å². The lowest BCUT2D eigenvalue weighted by molar-refractivity contribution is 0.707. The normalized spacial score (nSPS) is 9.82. The van der Waals surface area contributed by atoms with Crippen LogP contribution in [0.5, 0.6) is 0 Å². The minimum atomic E-state index is 0.893. The summed E-state index contributed by atoms with van der Waals surface area (Å²) in [7, 11) is 0. The van der Waals surface area contributed by atoms with E-state index >= 15 is 0 Å². The SMILES string of the molecule is CC#CCCNCc1cnc(N(CC)CC)s1. The first-order valence-electron chi connectivity index (χ1n) is 6.11. The second kappa shape index (κ2) is 8.10. The zero-order chi connectivity index (χ0) is 12.5. The molecule has 0 saturated carbocycles. The third-order valence-corrected chi connectivity index (χ3v) is 3.54. The summed E-state index contributed by atoms with van der Waals surface area (Å²) in [6.07, 6.45) is 2.88. The summed E-state index contributed by atoms with van der Waals surface area (Å²) in [5, 5.41) is 4.50. The Morgan fingerprint density at radius 3 is 2.82 bits per heavy atom. The van der Waals surface area contributed by atoms with Crippen LogP contribution in [-0.2, 0) is 6.54 Å². The highest BCUT2D eigenvalue weighted by atomic mass is 32.1. The maximum atomic E-state index is 4.45. The summed E-state index contributed by atoms with van der Waals surface area (Å²) < 4.78 is 0. The molecule has 94 valence electrons. The Bertz CT molecular complexity index is 372. The fourth-order valence-corrected chi connectivity index (χ4v) is 2.51. The van der Waals surface area contributed by atoms with Crippen molar-refractivity contribution in [2.24, 2.45) is 0 Å². The molecule has 17 heavy (non-hydrogen) atoms. The van der Waals surface area contributed by atoms with E-state index in [1.54, 1.807) is 11.3 Å². The second-order valence-corrected chi connectivity index (χ2v) is 4.73. The molecule has 0 atom stereocenters. The van der Waals surface area contributed by atoms with Crippen LogP contribution in [0.2, 0.25) is 0 Å². The molecule has 1 aromatic heterocycles. The maximum Gasteiger partial charge on any atom is 0.185 e. The van der Waals surface area contributed by atoms with Crippen LogP contribution in [-0.4, -0.2) is 24.6 Å². The van der Waals surface area contributed by atoms with E-state index < -0.39 is 0 Å². The lowest BCUT2D eigenvalue weighted by Gasteiger charge is -2.16. The molecule has 0 amide bonds. The number of aromatic nitrogens is 1. The molecule has 1 N–H and O–H groups in total. The molecule has 0 fully saturated rings. The first-order valence-corrected chi connectivity index (χ1v) is 6.93. The van der Waals surface area contributed by atoms with E-state index in [9.17, 15) is 0 Å². The van der Waals surface area contributed by atoms with Crippen molar-refractivity contribution >= 4 is 16.5 Å². The highest BCUT2D eigenvalue weighted by Gasteiger charge is 2.06. The van der Waals surface area contributed by atoms with E-state index in [1.165, 1.54) is 4.88 Å². The van der Waals surface area contributed by atoms with Gasteiger partial charge in [0.15, 0.2) is 5.13 Å². The largest absolute Gasteiger partial charge is 0.349 e. The van der Waals surface area contributed by atoms with Gasteiger partial charge in [-0.15, -0.1) is 23.2 Å². The van der Waals surface area contributed by atoms with E-state index in [-0.39, 0.29) is 0 Å². The zero-order valence-corrected chi connectivity index (χ0v) is 11.7. The molecule has 0 radical (unpaired) electrons. The van der Waals surface area contributed by atoms with E-state index in [4.69, 9.17) is 0 Å². The van der Waals surface area contributed by atoms with E-state index in [2.05, 4.69) is 40.9 Å². The van der Waals surface area contributed by atoms with Crippen LogP contribution in [0.3, 0.4) is 0 Å². The molecule has 1 rings (SSSR count). The van der Waals surface area contributed by atoms with Crippen molar-refractivity contribution in [3.63, 3.8) is 0 Å². The molecule has 0 bridgehead atoms. The molecule has 4 heteroatoms. The summed E-state index contributed by atoms with van der Waals surface area (Å²) >= 11 is 1.77. The van der Waals surface area contributed by atoms with E-state index in [0.717, 1.165) is 37.7 Å². The van der Waals surface area contributed by atoms with Crippen molar-refractivity contribution in [1.82, 2.24) is 10.3 Å². The summed E-state index contributed by atoms with van der Waals surface area (Å²) in [6, 6.07) is 0. The third-order valence-electron chi connectivity index (χ3n) is 2.48. The van der Waals surface area contributed by atoms with Crippen LogP contribution >= 0.6 is 11.3 Å². The molecule has 0 aliphatic carbocycles. The first-order chi connectivity index (χ1) is 8.31. The molecule has 0 aromatic carbocycles. The molecular weight excluding hydrogens is 230 g/mol. The molecule has 0 aliphatic heterocycles. The number of rotatable bonds is 7. The number of nitrogens with zero attached hydrogens (tertiary/aromatic N) is 2. The minimum Gasteiger partial charge on any atom is -0.349 e. The predicted octanol–water partition coefficient (Wildman–Crippen LogP) is 2.49. The topological polar surface area (TPSA) is 28.2 Å².